The zero-order valence-electron chi connectivity index (χ0n) is 14.3. The Morgan fingerprint density at radius 3 is 2.76 bits per heavy atom. The molecule has 0 fully saturated rings. The summed E-state index contributed by atoms with van der Waals surface area (Å²) < 4.78 is 13.7. The van der Waals surface area contributed by atoms with Crippen LogP contribution in [0.5, 0.6) is 0 Å². The number of carbonyl (C=O) groups is 1. The topological polar surface area (TPSA) is 32.7 Å². The van der Waals surface area contributed by atoms with Gasteiger partial charge in [0.15, 0.2) is 0 Å². The van der Waals surface area contributed by atoms with Gasteiger partial charge in [0.25, 0.3) is 5.91 Å². The van der Waals surface area contributed by atoms with Crippen molar-refractivity contribution in [3.63, 3.8) is 0 Å². The first-order valence-corrected chi connectivity index (χ1v) is 8.69. The van der Waals surface area contributed by atoms with Crippen molar-refractivity contribution in [3.05, 3.63) is 58.4 Å². The summed E-state index contributed by atoms with van der Waals surface area (Å²) in [4.78, 5) is 19.5. The van der Waals surface area contributed by atoms with Gasteiger partial charge in [0.05, 0.1) is 16.4 Å². The largest absolute Gasteiger partial charge is 0.300 e. The summed E-state index contributed by atoms with van der Waals surface area (Å²) in [6.45, 7) is 6.33. The maximum atomic E-state index is 13.7. The predicted molar refractivity (Wildman–Crippen MR) is 98.6 cm³/mol. The lowest BCUT2D eigenvalue weighted by Crippen LogP contribution is -2.50. The number of carbonyl (C=O) groups excluding carboxylic acids is 1. The molecule has 0 aliphatic carbocycles. The molecule has 0 saturated heterocycles. The molecule has 0 unspecified atom stereocenters. The molecule has 4 rings (SSSR count). The maximum absolute atomic E-state index is 13.7. The highest BCUT2D eigenvalue weighted by atomic mass is 35.5. The number of benzene rings is 2. The van der Waals surface area contributed by atoms with E-state index in [4.69, 9.17) is 11.6 Å². The third kappa shape index (κ3) is 2.39. The molecule has 0 spiro atoms. The van der Waals surface area contributed by atoms with Crippen molar-refractivity contribution in [2.75, 3.05) is 4.90 Å². The molecule has 2 aliphatic heterocycles. The maximum Gasteiger partial charge on any atom is 0.278 e. The normalized spacial score (nSPS) is 22.4. The van der Waals surface area contributed by atoms with E-state index in [0.717, 1.165) is 23.2 Å². The molecule has 25 heavy (non-hydrogen) atoms. The molecule has 1 atom stereocenters. The van der Waals surface area contributed by atoms with Crippen molar-refractivity contribution in [2.24, 2.45) is 4.99 Å². The lowest BCUT2D eigenvalue weighted by molar-refractivity contribution is -0.113. The molecule has 3 nitrogen and oxygen atoms in total. The van der Waals surface area contributed by atoms with E-state index >= 15 is 0 Å². The first-order valence-electron chi connectivity index (χ1n) is 8.31. The number of rotatable bonds is 1. The van der Waals surface area contributed by atoms with Crippen molar-refractivity contribution < 1.29 is 9.18 Å². The molecule has 2 heterocycles. The summed E-state index contributed by atoms with van der Waals surface area (Å²) in [7, 11) is 0. The van der Waals surface area contributed by atoms with Crippen LogP contribution in [0.4, 0.5) is 15.8 Å². The van der Waals surface area contributed by atoms with Crippen LogP contribution in [0.1, 0.15) is 44.2 Å². The van der Waals surface area contributed by atoms with E-state index in [0.29, 0.717) is 17.3 Å². The molecule has 1 amide bonds. The summed E-state index contributed by atoms with van der Waals surface area (Å²) in [5.41, 5.74) is 3.39. The highest BCUT2D eigenvalue weighted by Crippen LogP contribution is 2.48. The Bertz CT molecular complexity index is 935. The molecule has 0 N–H and O–H groups in total. The van der Waals surface area contributed by atoms with Gasteiger partial charge in [-0.15, -0.1) is 0 Å². The number of hydrogen-bond acceptors (Lipinski definition) is 2. The fourth-order valence-electron chi connectivity index (χ4n) is 4.04. The smallest absolute Gasteiger partial charge is 0.278 e. The van der Waals surface area contributed by atoms with Crippen LogP contribution in [0.2, 0.25) is 5.02 Å². The summed E-state index contributed by atoms with van der Waals surface area (Å²) in [6.07, 6.45) is 0.887. The highest BCUT2D eigenvalue weighted by molar-refractivity contribution is 6.55. The van der Waals surface area contributed by atoms with Crippen LogP contribution in [-0.2, 0) is 4.79 Å². The first kappa shape index (κ1) is 16.3. The molecule has 2 aromatic rings. The Morgan fingerprint density at radius 1 is 1.28 bits per heavy atom. The van der Waals surface area contributed by atoms with E-state index in [1.54, 1.807) is 6.07 Å². The van der Waals surface area contributed by atoms with Crippen LogP contribution in [0.15, 0.2) is 41.4 Å². The second-order valence-corrected chi connectivity index (χ2v) is 7.77. The van der Waals surface area contributed by atoms with Crippen molar-refractivity contribution >= 4 is 34.6 Å². The molecule has 2 aromatic carbocycles. The number of amides is 1. The standard InChI is InChI=1S/C20H18ClFN2O/c1-11-10-20(2,3)24-18-13(11)5-4-6-14(18)17(19(24)25)23-12-7-8-15(21)16(22)9-12/h4-9,11H,10H2,1-3H3/t11-/m1/s1. The van der Waals surface area contributed by atoms with Gasteiger partial charge in [0.2, 0.25) is 0 Å². The summed E-state index contributed by atoms with van der Waals surface area (Å²) in [5.74, 6) is -0.311. The van der Waals surface area contributed by atoms with Crippen LogP contribution in [0.3, 0.4) is 0 Å². The van der Waals surface area contributed by atoms with E-state index in [9.17, 15) is 9.18 Å². The van der Waals surface area contributed by atoms with E-state index in [1.807, 2.05) is 17.0 Å². The molecule has 0 saturated carbocycles. The fraction of sp³-hybridized carbons (Fsp3) is 0.300. The molecular formula is C20H18ClFN2O. The Morgan fingerprint density at radius 2 is 2.04 bits per heavy atom. The lowest BCUT2D eigenvalue weighted by atomic mass is 9.80. The lowest BCUT2D eigenvalue weighted by Gasteiger charge is -2.43. The molecule has 0 radical (unpaired) electrons. The number of aliphatic imine (C=N–C) groups is 1. The van der Waals surface area contributed by atoms with E-state index in [2.05, 4.69) is 31.8 Å². The molecule has 0 aromatic heterocycles. The zero-order valence-corrected chi connectivity index (χ0v) is 15.1. The minimum absolute atomic E-state index is 0.0406. The zero-order chi connectivity index (χ0) is 17.9. The summed E-state index contributed by atoms with van der Waals surface area (Å²) in [5, 5.41) is 0.0406. The predicted octanol–water partition coefficient (Wildman–Crippen LogP) is 5.23. The Labute approximate surface area is 151 Å². The van der Waals surface area contributed by atoms with Crippen LogP contribution in [-0.4, -0.2) is 17.2 Å². The fourth-order valence-corrected chi connectivity index (χ4v) is 4.16. The van der Waals surface area contributed by atoms with Gasteiger partial charge in [0, 0.05) is 17.2 Å². The molecule has 5 heteroatoms. The molecule has 128 valence electrons. The quantitative estimate of drug-likeness (QED) is 0.688. The number of anilines is 1. The SMILES string of the molecule is C[C@@H]1CC(C)(C)N2C(=O)C(=Nc3ccc(Cl)c(F)c3)c3cccc1c32. The van der Waals surface area contributed by atoms with E-state index in [-0.39, 0.29) is 16.5 Å². The van der Waals surface area contributed by atoms with Crippen LogP contribution >= 0.6 is 11.6 Å². The number of halogens is 2. The Kier molecular flexibility index (Phi) is 3.51. The van der Waals surface area contributed by atoms with Crippen LogP contribution < -0.4 is 4.90 Å². The minimum atomic E-state index is -0.543. The third-order valence-electron chi connectivity index (χ3n) is 5.04. The van der Waals surface area contributed by atoms with Gasteiger partial charge in [-0.3, -0.25) is 4.79 Å². The molecule has 2 aliphatic rings. The van der Waals surface area contributed by atoms with Gasteiger partial charge in [-0.1, -0.05) is 36.7 Å². The highest BCUT2D eigenvalue weighted by Gasteiger charge is 2.47. The first-order chi connectivity index (χ1) is 11.8. The van der Waals surface area contributed by atoms with Crippen molar-refractivity contribution in [3.8, 4) is 0 Å². The van der Waals surface area contributed by atoms with E-state index in [1.165, 1.54) is 12.1 Å². The van der Waals surface area contributed by atoms with Gasteiger partial charge in [-0.2, -0.15) is 0 Å². The summed E-state index contributed by atoms with van der Waals surface area (Å²) >= 11 is 5.74. The average Bonchev–Trinajstić information content (AvgIpc) is 2.82. The second kappa shape index (κ2) is 5.40. The molecule has 0 bridgehead atoms. The number of nitrogens with zero attached hydrogens (tertiary/aromatic N) is 2. The van der Waals surface area contributed by atoms with Crippen LogP contribution in [0, 0.1) is 5.82 Å². The van der Waals surface area contributed by atoms with Crippen molar-refractivity contribution in [1.82, 2.24) is 0 Å². The monoisotopic (exact) mass is 356 g/mol. The van der Waals surface area contributed by atoms with Gasteiger partial charge >= 0.3 is 0 Å². The van der Waals surface area contributed by atoms with Crippen LogP contribution in [0.25, 0.3) is 0 Å². The summed E-state index contributed by atoms with van der Waals surface area (Å²) in [6, 6.07) is 10.3. The Hall–Kier alpha value is -2.20. The van der Waals surface area contributed by atoms with E-state index < -0.39 is 5.82 Å². The van der Waals surface area contributed by atoms with Gasteiger partial charge in [0.1, 0.15) is 11.5 Å². The van der Waals surface area contributed by atoms with Gasteiger partial charge in [-0.25, -0.2) is 9.38 Å². The van der Waals surface area contributed by atoms with Crippen molar-refractivity contribution in [2.45, 2.75) is 38.6 Å². The van der Waals surface area contributed by atoms with Crippen molar-refractivity contribution in [1.29, 1.82) is 0 Å². The minimum Gasteiger partial charge on any atom is -0.300 e. The number of para-hydroxylation sites is 1. The third-order valence-corrected chi connectivity index (χ3v) is 5.34. The van der Waals surface area contributed by atoms with Gasteiger partial charge in [-0.05, 0) is 43.9 Å². The second-order valence-electron chi connectivity index (χ2n) is 7.36. The number of hydrogen-bond donors (Lipinski definition) is 0. The molecular weight excluding hydrogens is 339 g/mol. The van der Waals surface area contributed by atoms with Gasteiger partial charge < -0.3 is 4.90 Å². The average molecular weight is 357 g/mol. The Balaban J connectivity index is 1.92.